The Morgan fingerprint density at radius 2 is 0.929 bits per heavy atom. The van der Waals surface area contributed by atoms with Gasteiger partial charge in [-0.1, -0.05) is 0 Å². The van der Waals surface area contributed by atoms with Crippen LogP contribution in [-0.4, -0.2) is 10.7 Å². The molecule has 0 atom stereocenters. The van der Waals surface area contributed by atoms with Crippen LogP contribution in [0.1, 0.15) is 48.5 Å². The average molecular weight is 240 g/mol. The maximum absolute atomic E-state index is 8.52. The van der Waals surface area contributed by atoms with Crippen molar-refractivity contribution in [2.75, 3.05) is 0 Å². The third kappa shape index (κ3) is 20700. The van der Waals surface area contributed by atoms with Crippen molar-refractivity contribution in [2.45, 2.75) is 54.1 Å². The van der Waals surface area contributed by atoms with Crippen LogP contribution in [0.5, 0.6) is 0 Å². The van der Waals surface area contributed by atoms with Gasteiger partial charge in [0.15, 0.2) is 0 Å². The maximum atomic E-state index is 8.52. The zero-order valence-corrected chi connectivity index (χ0v) is 12.0. The molecule has 0 heterocycles. The topological polar surface area (TPSA) is 54.4 Å². The van der Waals surface area contributed by atoms with Gasteiger partial charge in [-0.25, -0.2) is 0 Å². The van der Waals surface area contributed by atoms with E-state index in [0.29, 0.717) is 0 Å². The molecule has 0 aromatic carbocycles. The standard InChI is InChI=1S/C4H10O.2C3H7.2O.Ti/c1-4(2,3)5;2*1-3-2;;;/h5H,1-3H3;2*3H,1-2H3;;;/q;2*-1;;;. The Bertz CT molecular complexity index is 94.4. The summed E-state index contributed by atoms with van der Waals surface area (Å²) in [6.45, 7) is 13.2. The Hall–Kier alpha value is 0.274. The van der Waals surface area contributed by atoms with Crippen molar-refractivity contribution in [3.63, 3.8) is 0 Å². The molecular formula is C10H24O3Ti-2. The fourth-order valence-electron chi connectivity index (χ4n) is 0. The van der Waals surface area contributed by atoms with E-state index in [9.17, 15) is 0 Å². The van der Waals surface area contributed by atoms with E-state index in [1.165, 1.54) is 0 Å². The fourth-order valence-corrected chi connectivity index (χ4v) is 0. The quantitative estimate of drug-likeness (QED) is 0.523. The monoisotopic (exact) mass is 240 g/mol. The molecule has 0 saturated carbocycles. The van der Waals surface area contributed by atoms with Crippen LogP contribution in [0.4, 0.5) is 0 Å². The first kappa shape index (κ1) is 23.8. The molecule has 0 aromatic heterocycles. The zero-order chi connectivity index (χ0) is 12.6. The summed E-state index contributed by atoms with van der Waals surface area (Å²) in [6.07, 6.45) is 4.00. The van der Waals surface area contributed by atoms with Crippen LogP contribution in [0.3, 0.4) is 0 Å². The molecule has 14 heavy (non-hydrogen) atoms. The van der Waals surface area contributed by atoms with Gasteiger partial charge in [-0.2, -0.15) is 27.7 Å². The predicted molar refractivity (Wildman–Crippen MR) is 54.6 cm³/mol. The fraction of sp³-hybridized carbons (Fsp3) is 0.800. The van der Waals surface area contributed by atoms with Gasteiger partial charge in [-0.05, 0) is 20.8 Å². The summed E-state index contributed by atoms with van der Waals surface area (Å²) in [6, 6.07) is 0. The summed E-state index contributed by atoms with van der Waals surface area (Å²) in [5, 5.41) is 8.52. The van der Waals surface area contributed by atoms with Crippen LogP contribution >= 0.6 is 0 Å². The third-order valence-corrected chi connectivity index (χ3v) is 0. The Morgan fingerprint density at radius 1 is 0.929 bits per heavy atom. The zero-order valence-electron chi connectivity index (χ0n) is 10.4. The molecule has 0 saturated heterocycles. The van der Waals surface area contributed by atoms with Crippen LogP contribution in [-0.2, 0) is 25.7 Å². The van der Waals surface area contributed by atoms with Gasteiger partial charge < -0.3 is 17.9 Å². The van der Waals surface area contributed by atoms with Crippen LogP contribution in [0, 0.1) is 12.8 Å². The van der Waals surface area contributed by atoms with Gasteiger partial charge in [-0.3, -0.25) is 0 Å². The van der Waals surface area contributed by atoms with Gasteiger partial charge >= 0.3 is 25.7 Å². The number of hydrogen-bond donors (Lipinski definition) is 1. The predicted octanol–water partition coefficient (Wildman–Crippen LogP) is 3.00. The SMILES string of the molecule is CC(C)(C)O.C[CH-]C.C[CH-]C.[O]=[Ti]=[O]. The van der Waals surface area contributed by atoms with E-state index >= 15 is 0 Å². The molecule has 0 bridgehead atoms. The van der Waals surface area contributed by atoms with E-state index < -0.39 is 24.7 Å². The van der Waals surface area contributed by atoms with Crippen molar-refractivity contribution >= 4 is 0 Å². The van der Waals surface area contributed by atoms with E-state index in [1.54, 1.807) is 20.8 Å². The molecular weight excluding hydrogens is 216 g/mol. The van der Waals surface area contributed by atoms with E-state index in [-0.39, 0.29) is 0 Å². The summed E-state index contributed by atoms with van der Waals surface area (Å²) in [4.78, 5) is 0. The van der Waals surface area contributed by atoms with Crippen molar-refractivity contribution in [1.82, 2.24) is 0 Å². The molecule has 0 aliphatic carbocycles. The summed E-state index contributed by atoms with van der Waals surface area (Å²) < 4.78 is 17.0. The molecule has 3 nitrogen and oxygen atoms in total. The number of hydrogen-bond acceptors (Lipinski definition) is 3. The molecule has 4 heteroatoms. The molecule has 0 fully saturated rings. The van der Waals surface area contributed by atoms with E-state index in [1.807, 2.05) is 40.5 Å². The molecule has 0 radical (unpaired) electrons. The van der Waals surface area contributed by atoms with Gasteiger partial charge in [-0.15, -0.1) is 0 Å². The molecule has 0 spiro atoms. The average Bonchev–Trinajstić information content (AvgIpc) is 1.86. The Morgan fingerprint density at radius 3 is 0.929 bits per heavy atom. The first-order valence-corrected chi connectivity index (χ1v) is 5.72. The van der Waals surface area contributed by atoms with E-state index in [0.717, 1.165) is 0 Å². The molecule has 0 aliphatic heterocycles. The second-order valence-corrected chi connectivity index (χ2v) is 3.67. The molecule has 1 N–H and O–H groups in total. The second kappa shape index (κ2) is 23.3. The van der Waals surface area contributed by atoms with Crippen LogP contribution in [0.2, 0.25) is 0 Å². The van der Waals surface area contributed by atoms with Gasteiger partial charge in [0.25, 0.3) is 0 Å². The van der Waals surface area contributed by atoms with Crippen LogP contribution < -0.4 is 0 Å². The van der Waals surface area contributed by atoms with Crippen LogP contribution in [0.15, 0.2) is 0 Å². The minimum absolute atomic E-state index is 0.500. The Kier molecular flexibility index (Phi) is 39.6. The van der Waals surface area contributed by atoms with Crippen molar-refractivity contribution in [3.8, 4) is 0 Å². The molecule has 0 amide bonds. The Labute approximate surface area is 97.9 Å². The Balaban J connectivity index is -0.0000000495. The van der Waals surface area contributed by atoms with Gasteiger partial charge in [0, 0.05) is 0 Å². The van der Waals surface area contributed by atoms with Gasteiger partial charge in [0.2, 0.25) is 0 Å². The molecule has 0 aromatic rings. The normalized spacial score (nSPS) is 7.43. The number of rotatable bonds is 0. The second-order valence-electron chi connectivity index (χ2n) is 3.41. The molecule has 0 unspecified atom stereocenters. The first-order chi connectivity index (χ1) is 6.24. The van der Waals surface area contributed by atoms with Gasteiger partial charge in [0.1, 0.15) is 0 Å². The minimum atomic E-state index is -2.00. The van der Waals surface area contributed by atoms with Crippen molar-refractivity contribution in [1.29, 1.82) is 0 Å². The van der Waals surface area contributed by atoms with E-state index in [2.05, 4.69) is 0 Å². The summed E-state index contributed by atoms with van der Waals surface area (Å²) >= 11 is -2.00. The summed E-state index contributed by atoms with van der Waals surface area (Å²) in [5.74, 6) is 0. The van der Waals surface area contributed by atoms with Crippen molar-refractivity contribution < 1.29 is 30.8 Å². The van der Waals surface area contributed by atoms with Crippen molar-refractivity contribution in [3.05, 3.63) is 12.8 Å². The summed E-state index contributed by atoms with van der Waals surface area (Å²) in [5.41, 5.74) is -0.500. The van der Waals surface area contributed by atoms with Crippen LogP contribution in [0.25, 0.3) is 0 Å². The van der Waals surface area contributed by atoms with Gasteiger partial charge in [0.05, 0.1) is 5.60 Å². The summed E-state index contributed by atoms with van der Waals surface area (Å²) in [7, 11) is 0. The third-order valence-electron chi connectivity index (χ3n) is 0. The van der Waals surface area contributed by atoms with E-state index in [4.69, 9.17) is 11.8 Å². The number of aliphatic hydroxyl groups is 1. The van der Waals surface area contributed by atoms with Crippen molar-refractivity contribution in [2.24, 2.45) is 0 Å². The molecule has 88 valence electrons. The first-order valence-electron chi connectivity index (χ1n) is 4.44. The molecule has 0 rings (SSSR count). The molecule has 0 aliphatic rings.